The van der Waals surface area contributed by atoms with Crippen LogP contribution in [0.3, 0.4) is 0 Å². The zero-order valence-corrected chi connectivity index (χ0v) is 24.6. The number of hydrogen-bond donors (Lipinski definition) is 0. The number of fused-ring (bicyclic) bond motifs is 3. The van der Waals surface area contributed by atoms with Crippen LogP contribution < -0.4 is 29.1 Å². The number of thiazole rings is 1. The minimum absolute atomic E-state index is 0.0722. The highest BCUT2D eigenvalue weighted by molar-refractivity contribution is 9.10. The molecule has 1 aliphatic heterocycles. The Balaban J connectivity index is 1.54. The Morgan fingerprint density at radius 1 is 1.10 bits per heavy atom. The lowest BCUT2D eigenvalue weighted by atomic mass is 9.83. The van der Waals surface area contributed by atoms with E-state index >= 15 is 0 Å². The third kappa shape index (κ3) is 4.61. The van der Waals surface area contributed by atoms with E-state index < -0.39 is 0 Å². The van der Waals surface area contributed by atoms with Gasteiger partial charge in [-0.15, -0.1) is 0 Å². The second-order valence-corrected chi connectivity index (χ2v) is 11.4. The van der Waals surface area contributed by atoms with Gasteiger partial charge in [-0.2, -0.15) is 0 Å². The number of ether oxygens (including phenoxy) is 3. The van der Waals surface area contributed by atoms with Gasteiger partial charge in [0.05, 0.1) is 35.0 Å². The highest BCUT2D eigenvalue weighted by atomic mass is 79.9. The molecule has 1 aromatic heterocycles. The van der Waals surface area contributed by atoms with Crippen LogP contribution in [0.4, 0.5) is 0 Å². The van der Waals surface area contributed by atoms with Crippen molar-refractivity contribution in [3.05, 3.63) is 125 Å². The highest BCUT2D eigenvalue weighted by Gasteiger charge is 2.32. The van der Waals surface area contributed by atoms with Gasteiger partial charge < -0.3 is 14.2 Å². The summed E-state index contributed by atoms with van der Waals surface area (Å²) in [4.78, 5) is 19.8. The van der Waals surface area contributed by atoms with E-state index in [1.807, 2.05) is 47.0 Å². The molecule has 0 saturated heterocycles. The Kier molecular flexibility index (Phi) is 7.21. The minimum atomic E-state index is -0.247. The van der Waals surface area contributed by atoms with E-state index in [4.69, 9.17) is 19.2 Å². The van der Waals surface area contributed by atoms with Crippen molar-refractivity contribution >= 4 is 39.0 Å². The predicted molar refractivity (Wildman–Crippen MR) is 162 cm³/mol. The maximum atomic E-state index is 14.0. The lowest BCUT2D eigenvalue weighted by Crippen LogP contribution is -2.38. The molecule has 8 heteroatoms. The van der Waals surface area contributed by atoms with Crippen molar-refractivity contribution in [1.29, 1.82) is 0 Å². The van der Waals surface area contributed by atoms with Gasteiger partial charge in [0.25, 0.3) is 5.56 Å². The second-order valence-electron chi connectivity index (χ2n) is 9.52. The van der Waals surface area contributed by atoms with Crippen molar-refractivity contribution in [2.24, 2.45) is 4.99 Å². The fraction of sp³-hybridized carbons (Fsp3) is 0.188. The molecule has 6 nitrogen and oxygen atoms in total. The van der Waals surface area contributed by atoms with Crippen molar-refractivity contribution in [1.82, 2.24) is 4.57 Å². The van der Waals surface area contributed by atoms with Crippen LogP contribution in [-0.4, -0.2) is 25.4 Å². The van der Waals surface area contributed by atoms with Gasteiger partial charge in [-0.05, 0) is 81.4 Å². The van der Waals surface area contributed by atoms with Gasteiger partial charge in [0, 0.05) is 5.56 Å². The van der Waals surface area contributed by atoms with Gasteiger partial charge in [-0.3, -0.25) is 9.36 Å². The van der Waals surface area contributed by atoms with E-state index in [1.165, 1.54) is 16.9 Å². The van der Waals surface area contributed by atoms with E-state index in [0.717, 1.165) is 51.0 Å². The molecule has 0 spiro atoms. The average Bonchev–Trinajstić information content (AvgIpc) is 3.29. The molecule has 2 heterocycles. The standard InChI is InChI=1S/C32H27BrN2O4S/c1-4-15-39-30-25(33)16-19(17-26(30)38-3)18-27-31(36)35-29(21-9-12-22(37-2)13-10-21)24-14-11-20-7-5-6-8-23(20)28(24)34-32(35)40-27/h4-10,12-13,16-18,29H,1,11,14-15H2,2-3H3/b27-18-/t29-/m0/s1. The summed E-state index contributed by atoms with van der Waals surface area (Å²) in [5.74, 6) is 1.93. The number of hydrogen-bond acceptors (Lipinski definition) is 6. The molecule has 0 saturated carbocycles. The Morgan fingerprint density at radius 2 is 1.90 bits per heavy atom. The largest absolute Gasteiger partial charge is 0.497 e. The third-order valence-corrected chi connectivity index (χ3v) is 8.77. The maximum Gasteiger partial charge on any atom is 0.271 e. The first-order chi connectivity index (χ1) is 19.5. The maximum absolute atomic E-state index is 14.0. The number of halogens is 1. The number of allylic oxidation sites excluding steroid dienone is 1. The molecule has 3 aromatic carbocycles. The number of rotatable bonds is 7. The second kappa shape index (κ2) is 10.9. The lowest BCUT2D eigenvalue weighted by molar-refractivity contribution is 0.324. The quantitative estimate of drug-likeness (QED) is 0.252. The Bertz CT molecular complexity index is 1840. The lowest BCUT2D eigenvalue weighted by Gasteiger charge is -2.30. The monoisotopic (exact) mass is 614 g/mol. The van der Waals surface area contributed by atoms with E-state index in [2.05, 4.69) is 46.8 Å². The number of methoxy groups -OCH3 is 2. The molecular weight excluding hydrogens is 588 g/mol. The molecule has 1 atom stereocenters. The molecule has 0 fully saturated rings. The summed E-state index contributed by atoms with van der Waals surface area (Å²) in [5, 5.41) is 0. The Morgan fingerprint density at radius 3 is 2.65 bits per heavy atom. The molecule has 0 unspecified atom stereocenters. The SMILES string of the molecule is C=CCOc1c(Br)cc(/C=c2\sc3n(c2=O)[C@@H](c2ccc(OC)cc2)C2=C(N=3)c3ccccc3CC2)cc1OC. The summed E-state index contributed by atoms with van der Waals surface area (Å²) >= 11 is 4.99. The van der Waals surface area contributed by atoms with E-state index in [9.17, 15) is 4.79 Å². The summed E-state index contributed by atoms with van der Waals surface area (Å²) in [6, 6.07) is 19.9. The van der Waals surface area contributed by atoms with E-state index in [1.54, 1.807) is 20.3 Å². The van der Waals surface area contributed by atoms with Crippen LogP contribution in [0.15, 0.2) is 93.2 Å². The van der Waals surface area contributed by atoms with Crippen molar-refractivity contribution in [2.45, 2.75) is 18.9 Å². The smallest absolute Gasteiger partial charge is 0.271 e. The predicted octanol–water partition coefficient (Wildman–Crippen LogP) is 5.66. The first-order valence-electron chi connectivity index (χ1n) is 12.9. The van der Waals surface area contributed by atoms with Crippen molar-refractivity contribution in [3.8, 4) is 17.2 Å². The molecule has 4 aromatic rings. The number of aromatic nitrogens is 1. The molecule has 2 aliphatic rings. The van der Waals surface area contributed by atoms with Crippen molar-refractivity contribution in [2.75, 3.05) is 20.8 Å². The van der Waals surface area contributed by atoms with Crippen LogP contribution in [0.25, 0.3) is 11.8 Å². The topological polar surface area (TPSA) is 62.0 Å². The molecule has 0 bridgehead atoms. The first-order valence-corrected chi connectivity index (χ1v) is 14.5. The van der Waals surface area contributed by atoms with E-state index in [-0.39, 0.29) is 11.6 Å². The minimum Gasteiger partial charge on any atom is -0.497 e. The summed E-state index contributed by atoms with van der Waals surface area (Å²) in [5.41, 5.74) is 6.34. The van der Waals surface area contributed by atoms with Gasteiger partial charge in [0.1, 0.15) is 12.4 Å². The Labute approximate surface area is 244 Å². The molecule has 40 heavy (non-hydrogen) atoms. The van der Waals surface area contributed by atoms with Crippen LogP contribution in [0.1, 0.15) is 34.7 Å². The van der Waals surface area contributed by atoms with Crippen LogP contribution in [0, 0.1) is 0 Å². The highest BCUT2D eigenvalue weighted by Crippen LogP contribution is 2.41. The van der Waals surface area contributed by atoms with Crippen LogP contribution in [0.5, 0.6) is 17.2 Å². The number of benzene rings is 3. The van der Waals surface area contributed by atoms with Gasteiger partial charge in [0.2, 0.25) is 0 Å². The summed E-state index contributed by atoms with van der Waals surface area (Å²) in [6.45, 7) is 4.06. The molecule has 6 rings (SSSR count). The molecular formula is C32H27BrN2O4S. The summed E-state index contributed by atoms with van der Waals surface area (Å²) in [7, 11) is 3.25. The van der Waals surface area contributed by atoms with Crippen LogP contribution in [-0.2, 0) is 6.42 Å². The summed E-state index contributed by atoms with van der Waals surface area (Å²) in [6.07, 6.45) is 5.32. The zero-order chi connectivity index (χ0) is 27.8. The van der Waals surface area contributed by atoms with E-state index in [0.29, 0.717) is 27.4 Å². The molecule has 202 valence electrons. The van der Waals surface area contributed by atoms with Crippen molar-refractivity contribution in [3.63, 3.8) is 0 Å². The van der Waals surface area contributed by atoms with Gasteiger partial charge >= 0.3 is 0 Å². The molecule has 1 aliphatic carbocycles. The number of aryl methyl sites for hydroxylation is 1. The summed E-state index contributed by atoms with van der Waals surface area (Å²) < 4.78 is 19.9. The number of nitrogens with zero attached hydrogens (tertiary/aromatic N) is 2. The third-order valence-electron chi connectivity index (χ3n) is 7.20. The normalized spacial score (nSPS) is 16.0. The van der Waals surface area contributed by atoms with Gasteiger partial charge in [-0.25, -0.2) is 4.99 Å². The Hall–Kier alpha value is -3.88. The zero-order valence-electron chi connectivity index (χ0n) is 22.1. The van der Waals surface area contributed by atoms with Crippen LogP contribution in [0.2, 0.25) is 0 Å². The van der Waals surface area contributed by atoms with Gasteiger partial charge in [-0.1, -0.05) is 60.4 Å². The van der Waals surface area contributed by atoms with Crippen LogP contribution >= 0.6 is 27.3 Å². The molecule has 0 amide bonds. The molecule has 0 radical (unpaired) electrons. The fourth-order valence-corrected chi connectivity index (χ4v) is 6.94. The van der Waals surface area contributed by atoms with Gasteiger partial charge in [0.15, 0.2) is 16.3 Å². The average molecular weight is 616 g/mol. The van der Waals surface area contributed by atoms with Crippen molar-refractivity contribution < 1.29 is 14.2 Å². The first kappa shape index (κ1) is 26.3. The molecule has 0 N–H and O–H groups in total. The fourth-order valence-electron chi connectivity index (χ4n) is 5.37.